The molecular formula is C25H22FN5O3S. The number of rotatable bonds is 8. The summed E-state index contributed by atoms with van der Waals surface area (Å²) in [6.45, 7) is 1.39. The van der Waals surface area contributed by atoms with Gasteiger partial charge in [0.2, 0.25) is 11.8 Å². The molecule has 0 saturated carbocycles. The Hall–Kier alpha value is -4.18. The third kappa shape index (κ3) is 5.85. The van der Waals surface area contributed by atoms with E-state index in [0.717, 1.165) is 5.69 Å². The second-order valence-electron chi connectivity index (χ2n) is 7.41. The molecule has 178 valence electrons. The standard InChI is InChI=1S/C25H22FN5O3S/c1-16(32)27-21-13-12-20(34-2)14-22(21)28-23(33)15-35-25-30-29-24(17-8-10-18(26)11-9-17)31(25)19-6-4-3-5-7-19/h3-14H,15H2,1-2H3,(H,27,32)(H,28,33). The van der Waals surface area contributed by atoms with Crippen molar-refractivity contribution in [3.63, 3.8) is 0 Å². The van der Waals surface area contributed by atoms with Crippen LogP contribution in [0, 0.1) is 5.82 Å². The minimum Gasteiger partial charge on any atom is -0.497 e. The van der Waals surface area contributed by atoms with E-state index >= 15 is 0 Å². The summed E-state index contributed by atoms with van der Waals surface area (Å²) in [5, 5.41) is 14.6. The lowest BCUT2D eigenvalue weighted by atomic mass is 10.2. The van der Waals surface area contributed by atoms with Crippen molar-refractivity contribution in [2.45, 2.75) is 12.1 Å². The first-order valence-electron chi connectivity index (χ1n) is 10.6. The van der Waals surface area contributed by atoms with E-state index in [2.05, 4.69) is 20.8 Å². The van der Waals surface area contributed by atoms with Gasteiger partial charge in [-0.05, 0) is 48.5 Å². The number of thioether (sulfide) groups is 1. The lowest BCUT2D eigenvalue weighted by Crippen LogP contribution is -2.17. The highest BCUT2D eigenvalue weighted by molar-refractivity contribution is 7.99. The molecule has 0 spiro atoms. The molecule has 2 N–H and O–H groups in total. The van der Waals surface area contributed by atoms with E-state index in [9.17, 15) is 14.0 Å². The van der Waals surface area contributed by atoms with Gasteiger partial charge in [-0.1, -0.05) is 30.0 Å². The molecule has 0 aliphatic carbocycles. The van der Waals surface area contributed by atoms with E-state index < -0.39 is 0 Å². The number of halogens is 1. The number of benzene rings is 3. The lowest BCUT2D eigenvalue weighted by Gasteiger charge is -2.13. The number of para-hydroxylation sites is 1. The molecule has 1 heterocycles. The second-order valence-corrected chi connectivity index (χ2v) is 8.36. The molecule has 0 saturated heterocycles. The van der Waals surface area contributed by atoms with Gasteiger partial charge in [0.25, 0.3) is 0 Å². The largest absolute Gasteiger partial charge is 0.497 e. The number of anilines is 2. The van der Waals surface area contributed by atoms with Gasteiger partial charge in [-0.25, -0.2) is 4.39 Å². The van der Waals surface area contributed by atoms with Crippen LogP contribution in [-0.4, -0.2) is 39.4 Å². The quantitative estimate of drug-likeness (QED) is 0.345. The summed E-state index contributed by atoms with van der Waals surface area (Å²) in [5.41, 5.74) is 2.38. The summed E-state index contributed by atoms with van der Waals surface area (Å²) in [7, 11) is 1.52. The summed E-state index contributed by atoms with van der Waals surface area (Å²) in [6, 6.07) is 20.4. The monoisotopic (exact) mass is 491 g/mol. The molecule has 0 aliphatic rings. The number of aromatic nitrogens is 3. The Kier molecular flexibility index (Phi) is 7.41. The molecule has 4 aromatic rings. The van der Waals surface area contributed by atoms with Crippen molar-refractivity contribution in [3.8, 4) is 22.8 Å². The van der Waals surface area contributed by atoms with Crippen molar-refractivity contribution in [2.24, 2.45) is 0 Å². The normalized spacial score (nSPS) is 10.6. The van der Waals surface area contributed by atoms with E-state index in [1.54, 1.807) is 30.3 Å². The van der Waals surface area contributed by atoms with Crippen LogP contribution in [0.5, 0.6) is 5.75 Å². The first kappa shape index (κ1) is 24.0. The van der Waals surface area contributed by atoms with Crippen LogP contribution < -0.4 is 15.4 Å². The van der Waals surface area contributed by atoms with Crippen molar-refractivity contribution in [3.05, 3.63) is 78.6 Å². The molecule has 35 heavy (non-hydrogen) atoms. The number of nitrogens with one attached hydrogen (secondary N) is 2. The van der Waals surface area contributed by atoms with Gasteiger partial charge in [0.15, 0.2) is 11.0 Å². The molecule has 0 unspecified atom stereocenters. The predicted octanol–water partition coefficient (Wildman–Crippen LogP) is 4.77. The fourth-order valence-electron chi connectivity index (χ4n) is 3.33. The summed E-state index contributed by atoms with van der Waals surface area (Å²) < 4.78 is 20.5. The molecule has 2 amide bonds. The van der Waals surface area contributed by atoms with Crippen LogP contribution >= 0.6 is 11.8 Å². The Morgan fingerprint density at radius 1 is 0.971 bits per heavy atom. The zero-order valence-electron chi connectivity index (χ0n) is 19.0. The first-order chi connectivity index (χ1) is 16.9. The molecule has 0 bridgehead atoms. The van der Waals surface area contributed by atoms with E-state index in [1.807, 2.05) is 34.9 Å². The summed E-state index contributed by atoms with van der Waals surface area (Å²) in [4.78, 5) is 24.3. The molecule has 0 aliphatic heterocycles. The minimum atomic E-state index is -0.345. The van der Waals surface area contributed by atoms with E-state index in [0.29, 0.717) is 33.7 Å². The highest BCUT2D eigenvalue weighted by Crippen LogP contribution is 2.30. The molecule has 1 aromatic heterocycles. The maximum Gasteiger partial charge on any atom is 0.234 e. The Morgan fingerprint density at radius 2 is 1.71 bits per heavy atom. The smallest absolute Gasteiger partial charge is 0.234 e. The molecule has 0 fully saturated rings. The molecule has 10 heteroatoms. The van der Waals surface area contributed by atoms with Crippen LogP contribution in [-0.2, 0) is 9.59 Å². The number of methoxy groups -OCH3 is 1. The summed E-state index contributed by atoms with van der Waals surface area (Å²) >= 11 is 1.20. The number of amides is 2. The van der Waals surface area contributed by atoms with Gasteiger partial charge in [0.1, 0.15) is 11.6 Å². The molecule has 0 atom stereocenters. The third-order valence-electron chi connectivity index (χ3n) is 4.89. The van der Waals surface area contributed by atoms with Crippen LogP contribution in [0.4, 0.5) is 15.8 Å². The maximum atomic E-state index is 13.4. The number of ether oxygens (including phenoxy) is 1. The van der Waals surface area contributed by atoms with Crippen LogP contribution in [0.1, 0.15) is 6.92 Å². The molecule has 4 rings (SSSR count). The van der Waals surface area contributed by atoms with Gasteiger partial charge in [-0.2, -0.15) is 0 Å². The first-order valence-corrected chi connectivity index (χ1v) is 11.6. The zero-order valence-corrected chi connectivity index (χ0v) is 19.8. The van der Waals surface area contributed by atoms with Gasteiger partial charge in [0, 0.05) is 24.2 Å². The number of nitrogens with zero attached hydrogens (tertiary/aromatic N) is 3. The Bertz CT molecular complexity index is 1340. The average molecular weight is 492 g/mol. The maximum absolute atomic E-state index is 13.4. The topological polar surface area (TPSA) is 98.1 Å². The van der Waals surface area contributed by atoms with Gasteiger partial charge >= 0.3 is 0 Å². The van der Waals surface area contributed by atoms with Crippen LogP contribution in [0.25, 0.3) is 17.1 Å². The Balaban J connectivity index is 1.57. The van der Waals surface area contributed by atoms with Gasteiger partial charge in [-0.3, -0.25) is 14.2 Å². The number of carbonyl (C=O) groups is 2. The fraction of sp³-hybridized carbons (Fsp3) is 0.120. The minimum absolute atomic E-state index is 0.0328. The highest BCUT2D eigenvalue weighted by Gasteiger charge is 2.18. The van der Waals surface area contributed by atoms with Gasteiger partial charge in [-0.15, -0.1) is 10.2 Å². The van der Waals surface area contributed by atoms with Gasteiger partial charge < -0.3 is 15.4 Å². The van der Waals surface area contributed by atoms with Crippen molar-refractivity contribution < 1.29 is 18.7 Å². The summed E-state index contributed by atoms with van der Waals surface area (Å²) in [5.74, 6) is 0.187. The van der Waals surface area contributed by atoms with Crippen molar-refractivity contribution in [1.82, 2.24) is 14.8 Å². The van der Waals surface area contributed by atoms with Crippen LogP contribution in [0.15, 0.2) is 78.0 Å². The lowest BCUT2D eigenvalue weighted by molar-refractivity contribution is -0.115. The second kappa shape index (κ2) is 10.8. The Morgan fingerprint density at radius 3 is 2.40 bits per heavy atom. The van der Waals surface area contributed by atoms with E-state index in [-0.39, 0.29) is 23.4 Å². The molecular weight excluding hydrogens is 469 g/mol. The van der Waals surface area contributed by atoms with E-state index in [4.69, 9.17) is 4.74 Å². The highest BCUT2D eigenvalue weighted by atomic mass is 32.2. The summed E-state index contributed by atoms with van der Waals surface area (Å²) in [6.07, 6.45) is 0. The third-order valence-corrected chi connectivity index (χ3v) is 5.82. The predicted molar refractivity (Wildman–Crippen MR) is 133 cm³/mol. The Labute approximate surface area is 205 Å². The molecule has 8 nitrogen and oxygen atoms in total. The number of carbonyl (C=O) groups excluding carboxylic acids is 2. The van der Waals surface area contributed by atoms with Crippen molar-refractivity contribution in [2.75, 3.05) is 23.5 Å². The molecule has 0 radical (unpaired) electrons. The zero-order chi connectivity index (χ0) is 24.8. The van der Waals surface area contributed by atoms with Crippen molar-refractivity contribution in [1.29, 1.82) is 0 Å². The van der Waals surface area contributed by atoms with Gasteiger partial charge in [0.05, 0.1) is 24.2 Å². The number of hydrogen-bond donors (Lipinski definition) is 2. The molecule has 3 aromatic carbocycles. The van der Waals surface area contributed by atoms with Crippen LogP contribution in [0.2, 0.25) is 0 Å². The van der Waals surface area contributed by atoms with Crippen LogP contribution in [0.3, 0.4) is 0 Å². The van der Waals surface area contributed by atoms with Crippen molar-refractivity contribution >= 4 is 35.0 Å². The number of hydrogen-bond acceptors (Lipinski definition) is 6. The fourth-order valence-corrected chi connectivity index (χ4v) is 4.08. The average Bonchev–Trinajstić information content (AvgIpc) is 3.28. The SMILES string of the molecule is COc1ccc(NC(C)=O)c(NC(=O)CSc2nnc(-c3ccc(F)cc3)n2-c2ccccc2)c1. The van der Waals surface area contributed by atoms with E-state index in [1.165, 1.54) is 37.9 Å².